The quantitative estimate of drug-likeness (QED) is 0.332. The minimum atomic E-state index is -1.75. The van der Waals surface area contributed by atoms with Crippen molar-refractivity contribution in [3.05, 3.63) is 15.3 Å². The molecule has 0 heterocycles. The smallest absolute Gasteiger partial charge is 0.356 e. The minimum Gasteiger partial charge on any atom is -0.356 e. The molecule has 0 saturated heterocycles. The molecule has 0 aromatic heterocycles. The molecule has 0 aliphatic rings. The Morgan fingerprint density at radius 2 is 1.60 bits per heavy atom. The summed E-state index contributed by atoms with van der Waals surface area (Å²) in [6.45, 7) is 0. The normalized spacial score (nSPS) is 4.80. The summed E-state index contributed by atoms with van der Waals surface area (Å²) in [5, 5.41) is 14.8. The van der Waals surface area contributed by atoms with Crippen molar-refractivity contribution in [3.63, 3.8) is 0 Å². The van der Waals surface area contributed by atoms with E-state index in [0.29, 0.717) is 0 Å². The molecule has 0 atom stereocenters. The molecule has 0 fully saturated rings. The topological polar surface area (TPSA) is 66.2 Å². The van der Waals surface area contributed by atoms with E-state index in [0.717, 1.165) is 0 Å². The fourth-order valence-corrected chi connectivity index (χ4v) is 0. The molecule has 1 radical (unpaired) electrons. The van der Waals surface area contributed by atoms with Crippen LogP contribution in [0.2, 0.25) is 0 Å². The van der Waals surface area contributed by atoms with Crippen molar-refractivity contribution >= 4 is 0 Å². The largest absolute Gasteiger partial charge is 1.00 e. The predicted molar refractivity (Wildman–Crippen MR) is 11.5 cm³/mol. The van der Waals surface area contributed by atoms with Crippen molar-refractivity contribution in [1.82, 2.24) is 0 Å². The van der Waals surface area contributed by atoms with E-state index in [1.807, 2.05) is 0 Å². The van der Waals surface area contributed by atoms with Crippen molar-refractivity contribution in [3.8, 4) is 0 Å². The van der Waals surface area contributed by atoms with Crippen LogP contribution in [0.4, 0.5) is 0 Å². The average molecular weight is 122 g/mol. The van der Waals surface area contributed by atoms with Gasteiger partial charge in [-0.2, -0.15) is 0 Å². The van der Waals surface area contributed by atoms with Gasteiger partial charge in [0.15, 0.2) is 0 Å². The van der Waals surface area contributed by atoms with Gasteiger partial charge in [-0.05, 0) is 0 Å². The molecule has 0 rings (SSSR count). The van der Waals surface area contributed by atoms with E-state index in [9.17, 15) is 0 Å². The molecule has 0 aromatic rings. The predicted octanol–water partition coefficient (Wildman–Crippen LogP) is -0.129. The van der Waals surface area contributed by atoms with Crippen molar-refractivity contribution < 1.29 is 23.3 Å². The summed E-state index contributed by atoms with van der Waals surface area (Å²) >= 11 is 0. The molecule has 0 N–H and O–H groups in total. The third-order valence-corrected chi connectivity index (χ3v) is 0. The van der Waals surface area contributed by atoms with Gasteiger partial charge >= 0.3 is 1.43 Å². The third kappa shape index (κ3) is 125. The molecular weight excluding hydrogens is 121 g/mol. The minimum absolute atomic E-state index is 0. The summed E-state index contributed by atoms with van der Waals surface area (Å²) in [5.41, 5.74) is 0. The monoisotopic (exact) mass is 122 g/mol. The zero-order valence-electron chi connectivity index (χ0n) is 3.01. The SMILES string of the molecule is O=[N+]([O-])[O-].[Co].[H+]. The first-order valence-corrected chi connectivity index (χ1v) is 0.548. The molecule has 0 bridgehead atoms. The van der Waals surface area contributed by atoms with E-state index in [4.69, 9.17) is 15.3 Å². The van der Waals surface area contributed by atoms with Crippen LogP contribution in [0.25, 0.3) is 0 Å². The Morgan fingerprint density at radius 1 is 1.60 bits per heavy atom. The molecule has 5 heavy (non-hydrogen) atoms. The molecule has 0 aromatic carbocycles. The Bertz CT molecular complexity index is 33.8. The molecule has 0 aliphatic heterocycles. The van der Waals surface area contributed by atoms with Crippen molar-refractivity contribution in [2.45, 2.75) is 0 Å². The Morgan fingerprint density at radius 3 is 1.60 bits per heavy atom. The number of nitrogens with zero attached hydrogens (tertiary/aromatic N) is 1. The van der Waals surface area contributed by atoms with Crippen LogP contribution in [-0.2, 0) is 16.8 Å². The van der Waals surface area contributed by atoms with Crippen LogP contribution in [0.1, 0.15) is 1.43 Å². The van der Waals surface area contributed by atoms with E-state index in [1.165, 1.54) is 0 Å². The fraction of sp³-hybridized carbons (Fsp3) is 0. The van der Waals surface area contributed by atoms with Crippen LogP contribution in [-0.4, -0.2) is 5.09 Å². The van der Waals surface area contributed by atoms with Crippen LogP contribution < -0.4 is 0 Å². The molecular formula is HCoNO3. The van der Waals surface area contributed by atoms with E-state index in [2.05, 4.69) is 0 Å². The van der Waals surface area contributed by atoms with E-state index >= 15 is 0 Å². The molecule has 0 aliphatic carbocycles. The van der Waals surface area contributed by atoms with E-state index in [-0.39, 0.29) is 18.2 Å². The van der Waals surface area contributed by atoms with Gasteiger partial charge in [0.05, 0.1) is 5.09 Å². The summed E-state index contributed by atoms with van der Waals surface area (Å²) in [5.74, 6) is 0. The van der Waals surface area contributed by atoms with Gasteiger partial charge in [0.1, 0.15) is 0 Å². The number of hydrogen-bond acceptors (Lipinski definition) is 3. The second kappa shape index (κ2) is 3.71. The number of hydrogen-bond donors (Lipinski definition) is 0. The summed E-state index contributed by atoms with van der Waals surface area (Å²) in [7, 11) is 0. The first kappa shape index (κ1) is 8.83. The van der Waals surface area contributed by atoms with Crippen LogP contribution in [0.3, 0.4) is 0 Å². The fourth-order valence-electron chi connectivity index (χ4n) is 0. The van der Waals surface area contributed by atoms with Crippen molar-refractivity contribution in [2.75, 3.05) is 0 Å². The summed E-state index contributed by atoms with van der Waals surface area (Å²) in [6.07, 6.45) is 0. The zero-order chi connectivity index (χ0) is 3.58. The van der Waals surface area contributed by atoms with Crippen LogP contribution in [0, 0.1) is 15.3 Å². The first-order chi connectivity index (χ1) is 1.73. The molecule has 0 amide bonds. The van der Waals surface area contributed by atoms with Gasteiger partial charge < -0.3 is 15.3 Å². The average Bonchev–Trinajstić information content (AvgIpc) is 0.811. The molecule has 0 saturated carbocycles. The Hall–Kier alpha value is -0.294. The van der Waals surface area contributed by atoms with Crippen molar-refractivity contribution in [2.24, 2.45) is 0 Å². The molecule has 0 unspecified atom stereocenters. The standard InChI is InChI=1S/Co.NO3/c;2-1(3)4/q;-1/p+1. The summed E-state index contributed by atoms with van der Waals surface area (Å²) in [4.78, 5) is 8.25. The van der Waals surface area contributed by atoms with Crippen LogP contribution >= 0.6 is 0 Å². The van der Waals surface area contributed by atoms with Crippen LogP contribution in [0.5, 0.6) is 0 Å². The Balaban J connectivity index is -0.0000000450. The van der Waals surface area contributed by atoms with Gasteiger partial charge in [-0.15, -0.1) is 0 Å². The maximum atomic E-state index is 8.25. The molecule has 33 valence electrons. The van der Waals surface area contributed by atoms with Gasteiger partial charge in [0.25, 0.3) is 0 Å². The molecule has 5 heteroatoms. The first-order valence-electron chi connectivity index (χ1n) is 0.548. The molecule has 0 spiro atoms. The second-order valence-corrected chi connectivity index (χ2v) is 0.224. The Labute approximate surface area is 39.6 Å². The van der Waals surface area contributed by atoms with Gasteiger partial charge in [-0.25, -0.2) is 0 Å². The summed E-state index contributed by atoms with van der Waals surface area (Å²) < 4.78 is 0. The van der Waals surface area contributed by atoms with Gasteiger partial charge in [0, 0.05) is 16.8 Å². The number of rotatable bonds is 0. The summed E-state index contributed by atoms with van der Waals surface area (Å²) in [6, 6.07) is 0. The van der Waals surface area contributed by atoms with Gasteiger partial charge in [-0.1, -0.05) is 0 Å². The van der Waals surface area contributed by atoms with E-state index < -0.39 is 5.09 Å². The van der Waals surface area contributed by atoms with Gasteiger partial charge in [-0.3, -0.25) is 0 Å². The zero-order valence-corrected chi connectivity index (χ0v) is 3.05. The third-order valence-electron chi connectivity index (χ3n) is 0. The Kier molecular flexibility index (Phi) is 6.54. The van der Waals surface area contributed by atoms with Crippen molar-refractivity contribution in [1.29, 1.82) is 0 Å². The van der Waals surface area contributed by atoms with E-state index in [1.54, 1.807) is 0 Å². The maximum Gasteiger partial charge on any atom is 1.00 e. The molecule has 4 nitrogen and oxygen atoms in total. The second-order valence-electron chi connectivity index (χ2n) is 0.224. The van der Waals surface area contributed by atoms with Crippen LogP contribution in [0.15, 0.2) is 0 Å². The maximum absolute atomic E-state index is 8.25. The van der Waals surface area contributed by atoms with Gasteiger partial charge in [0.2, 0.25) is 0 Å².